The zero-order chi connectivity index (χ0) is 18.1. The van der Waals surface area contributed by atoms with Crippen molar-refractivity contribution in [1.29, 1.82) is 0 Å². The van der Waals surface area contributed by atoms with E-state index in [-0.39, 0.29) is 0 Å². The molecule has 0 aliphatic rings. The average molecular weight is 429 g/mol. The van der Waals surface area contributed by atoms with Crippen molar-refractivity contribution >= 4 is 49.1 Å². The molecule has 4 rings (SSSR count). The summed E-state index contributed by atoms with van der Waals surface area (Å²) in [5.41, 5.74) is 2.06. The third-order valence-corrected chi connectivity index (χ3v) is 5.07. The summed E-state index contributed by atoms with van der Waals surface area (Å²) in [5, 5.41) is 6.59. The van der Waals surface area contributed by atoms with Gasteiger partial charge in [-0.25, -0.2) is 9.78 Å². The molecule has 0 fully saturated rings. The minimum Gasteiger partial charge on any atom is -0.497 e. The molecule has 0 bridgehead atoms. The van der Waals surface area contributed by atoms with Crippen molar-refractivity contribution in [1.82, 2.24) is 4.98 Å². The molecule has 0 radical (unpaired) electrons. The van der Waals surface area contributed by atoms with Gasteiger partial charge >= 0.3 is 5.63 Å². The van der Waals surface area contributed by atoms with Gasteiger partial charge in [0.05, 0.1) is 18.4 Å². The molecule has 7 heteroatoms. The molecule has 0 aliphatic heterocycles. The van der Waals surface area contributed by atoms with E-state index in [1.54, 1.807) is 19.2 Å². The van der Waals surface area contributed by atoms with Crippen molar-refractivity contribution in [3.8, 4) is 17.0 Å². The molecular weight excluding hydrogens is 416 g/mol. The minimum absolute atomic E-state index is 0.402. The van der Waals surface area contributed by atoms with E-state index in [4.69, 9.17) is 9.15 Å². The van der Waals surface area contributed by atoms with Crippen molar-refractivity contribution in [2.45, 2.75) is 0 Å². The number of thiazole rings is 1. The Bertz CT molecular complexity index is 1140. The molecule has 2 aromatic carbocycles. The molecular formula is C19H13BrN2O3S. The van der Waals surface area contributed by atoms with Crippen LogP contribution in [0.4, 0.5) is 10.8 Å². The van der Waals surface area contributed by atoms with Gasteiger partial charge in [0.2, 0.25) is 0 Å². The molecule has 1 N–H and O–H groups in total. The van der Waals surface area contributed by atoms with Crippen LogP contribution in [-0.2, 0) is 0 Å². The van der Waals surface area contributed by atoms with Gasteiger partial charge in [0.15, 0.2) is 5.13 Å². The van der Waals surface area contributed by atoms with Crippen LogP contribution in [-0.4, -0.2) is 12.1 Å². The Labute approximate surface area is 161 Å². The van der Waals surface area contributed by atoms with Crippen LogP contribution < -0.4 is 15.7 Å². The van der Waals surface area contributed by atoms with Gasteiger partial charge in [-0.2, -0.15) is 0 Å². The van der Waals surface area contributed by atoms with E-state index in [1.165, 1.54) is 11.3 Å². The highest BCUT2D eigenvalue weighted by atomic mass is 79.9. The first-order valence-corrected chi connectivity index (χ1v) is 9.40. The van der Waals surface area contributed by atoms with Gasteiger partial charge in [-0.05, 0) is 48.5 Å². The first-order chi connectivity index (χ1) is 12.6. The number of ether oxygens (including phenoxy) is 1. The fourth-order valence-corrected chi connectivity index (χ4v) is 3.64. The van der Waals surface area contributed by atoms with Crippen LogP contribution in [0, 0.1) is 0 Å². The molecule has 130 valence electrons. The first-order valence-electron chi connectivity index (χ1n) is 7.73. The Kier molecular flexibility index (Phi) is 4.48. The fourth-order valence-electron chi connectivity index (χ4n) is 2.53. The summed E-state index contributed by atoms with van der Waals surface area (Å²) in [7, 11) is 1.63. The van der Waals surface area contributed by atoms with Crippen molar-refractivity contribution in [3.63, 3.8) is 0 Å². The van der Waals surface area contributed by atoms with Crippen LogP contribution in [0.1, 0.15) is 0 Å². The van der Waals surface area contributed by atoms with Crippen molar-refractivity contribution in [2.75, 3.05) is 12.4 Å². The highest BCUT2D eigenvalue weighted by molar-refractivity contribution is 9.10. The summed E-state index contributed by atoms with van der Waals surface area (Å²) in [6.07, 6.45) is 0. The van der Waals surface area contributed by atoms with Gasteiger partial charge in [-0.3, -0.25) is 0 Å². The van der Waals surface area contributed by atoms with Gasteiger partial charge < -0.3 is 14.5 Å². The molecule has 0 atom stereocenters. The lowest BCUT2D eigenvalue weighted by Crippen LogP contribution is -2.03. The number of halogens is 1. The molecule has 0 unspecified atom stereocenters. The summed E-state index contributed by atoms with van der Waals surface area (Å²) in [6.45, 7) is 0. The Morgan fingerprint density at radius 1 is 1.15 bits per heavy atom. The molecule has 0 saturated heterocycles. The highest BCUT2D eigenvalue weighted by Crippen LogP contribution is 2.28. The summed E-state index contributed by atoms with van der Waals surface area (Å²) >= 11 is 4.85. The number of methoxy groups -OCH3 is 1. The molecule has 0 aliphatic carbocycles. The number of benzene rings is 2. The second-order valence-electron chi connectivity index (χ2n) is 5.52. The lowest BCUT2D eigenvalue weighted by molar-refractivity contribution is 0.415. The topological polar surface area (TPSA) is 64.4 Å². The number of rotatable bonds is 4. The second kappa shape index (κ2) is 6.93. The van der Waals surface area contributed by atoms with Crippen molar-refractivity contribution in [2.24, 2.45) is 0 Å². The second-order valence-corrected chi connectivity index (χ2v) is 7.29. The standard InChI is InChI=1S/C19H13BrN2O3S/c1-24-14-5-3-13(4-6-14)21-19-22-16(10-26-19)15-9-11-8-12(20)2-7-17(11)25-18(15)23/h2-10H,1H3,(H,21,22). The van der Waals surface area contributed by atoms with Crippen LogP contribution in [0.15, 0.2) is 67.6 Å². The normalized spacial score (nSPS) is 10.8. The van der Waals surface area contributed by atoms with Gasteiger partial charge in [0.1, 0.15) is 11.3 Å². The lowest BCUT2D eigenvalue weighted by atomic mass is 10.1. The smallest absolute Gasteiger partial charge is 0.345 e. The third-order valence-electron chi connectivity index (χ3n) is 3.82. The van der Waals surface area contributed by atoms with E-state index in [0.717, 1.165) is 21.3 Å². The van der Waals surface area contributed by atoms with E-state index in [2.05, 4.69) is 26.2 Å². The molecule has 4 aromatic rings. The molecule has 2 heterocycles. The van der Waals surface area contributed by atoms with Gasteiger partial charge in [0.25, 0.3) is 0 Å². The number of fused-ring (bicyclic) bond motifs is 1. The Hall–Kier alpha value is -2.64. The van der Waals surface area contributed by atoms with E-state index in [0.29, 0.717) is 22.0 Å². The molecule has 0 amide bonds. The van der Waals surface area contributed by atoms with Crippen LogP contribution in [0.25, 0.3) is 22.2 Å². The maximum atomic E-state index is 12.3. The predicted molar refractivity (Wildman–Crippen MR) is 108 cm³/mol. The van der Waals surface area contributed by atoms with E-state index < -0.39 is 5.63 Å². The van der Waals surface area contributed by atoms with E-state index in [1.807, 2.05) is 41.8 Å². The first kappa shape index (κ1) is 16.8. The predicted octanol–water partition coefficient (Wildman–Crippen LogP) is 5.43. The number of nitrogens with zero attached hydrogens (tertiary/aromatic N) is 1. The molecule has 26 heavy (non-hydrogen) atoms. The van der Waals surface area contributed by atoms with Crippen LogP contribution in [0.2, 0.25) is 0 Å². The average Bonchev–Trinajstić information content (AvgIpc) is 3.10. The molecule has 0 saturated carbocycles. The molecule has 2 aromatic heterocycles. The van der Waals surface area contributed by atoms with Gasteiger partial charge in [0, 0.05) is 20.9 Å². The number of anilines is 2. The van der Waals surface area contributed by atoms with Crippen molar-refractivity contribution < 1.29 is 9.15 Å². The summed E-state index contributed by atoms with van der Waals surface area (Å²) in [5.74, 6) is 0.787. The number of nitrogens with one attached hydrogen (secondary N) is 1. The number of hydrogen-bond acceptors (Lipinski definition) is 6. The maximum Gasteiger partial charge on any atom is 0.345 e. The Morgan fingerprint density at radius 3 is 2.73 bits per heavy atom. The fraction of sp³-hybridized carbons (Fsp3) is 0.0526. The zero-order valence-corrected chi connectivity index (χ0v) is 16.1. The Balaban J connectivity index is 1.65. The minimum atomic E-state index is -0.402. The number of aromatic nitrogens is 1. The van der Waals surface area contributed by atoms with Crippen LogP contribution >= 0.6 is 27.3 Å². The molecule has 0 spiro atoms. The quantitative estimate of drug-likeness (QED) is 0.438. The largest absolute Gasteiger partial charge is 0.497 e. The maximum absolute atomic E-state index is 12.3. The summed E-state index contributed by atoms with van der Waals surface area (Å²) in [6, 6.07) is 14.9. The summed E-state index contributed by atoms with van der Waals surface area (Å²) in [4.78, 5) is 16.8. The molecule has 5 nitrogen and oxygen atoms in total. The highest BCUT2D eigenvalue weighted by Gasteiger charge is 2.12. The zero-order valence-electron chi connectivity index (χ0n) is 13.7. The van der Waals surface area contributed by atoms with Gasteiger partial charge in [-0.15, -0.1) is 11.3 Å². The van der Waals surface area contributed by atoms with Crippen LogP contribution in [0.5, 0.6) is 5.75 Å². The van der Waals surface area contributed by atoms with Crippen molar-refractivity contribution in [3.05, 3.63) is 68.8 Å². The van der Waals surface area contributed by atoms with E-state index >= 15 is 0 Å². The van der Waals surface area contributed by atoms with Crippen LogP contribution in [0.3, 0.4) is 0 Å². The van der Waals surface area contributed by atoms with Gasteiger partial charge in [-0.1, -0.05) is 15.9 Å². The SMILES string of the molecule is COc1ccc(Nc2nc(-c3cc4cc(Br)ccc4oc3=O)cs2)cc1. The monoisotopic (exact) mass is 428 g/mol. The lowest BCUT2D eigenvalue weighted by Gasteiger charge is -2.04. The summed E-state index contributed by atoms with van der Waals surface area (Å²) < 4.78 is 11.5. The third kappa shape index (κ3) is 3.36. The van der Waals surface area contributed by atoms with E-state index in [9.17, 15) is 4.79 Å². The Morgan fingerprint density at radius 2 is 1.96 bits per heavy atom. The number of hydrogen-bond donors (Lipinski definition) is 1.